The lowest BCUT2D eigenvalue weighted by Crippen LogP contribution is -2.52. The molecule has 3 amide bonds. The number of amides is 3. The molecule has 7 nitrogen and oxygen atoms in total. The molecule has 0 spiro atoms. The minimum atomic E-state index is -0.736. The topological polar surface area (TPSA) is 87.7 Å². The molecule has 2 rings (SSSR count). The van der Waals surface area contributed by atoms with Crippen LogP contribution in [0, 0.1) is 0 Å². The van der Waals surface area contributed by atoms with E-state index >= 15 is 0 Å². The molecular formula is C15H19N3O4S. The van der Waals surface area contributed by atoms with Gasteiger partial charge in [0.25, 0.3) is 5.91 Å². The zero-order valence-corrected chi connectivity index (χ0v) is 13.8. The standard InChI is InChI=1S/C15H19N3O4S/c1-3-22-15(21)17-16-13(20)12-9-23-14(18(12)10(2)19)11-7-5-4-6-8-11/h4-8,12,14H,3,9H2,1-2H3,(H,16,20)(H,17,21)/t12-,14+/m1/s1. The lowest BCUT2D eigenvalue weighted by atomic mass is 10.1. The molecule has 0 aliphatic carbocycles. The van der Waals surface area contributed by atoms with Gasteiger partial charge >= 0.3 is 6.09 Å². The van der Waals surface area contributed by atoms with Crippen molar-refractivity contribution in [3.8, 4) is 0 Å². The SMILES string of the molecule is CCOC(=O)NNC(=O)[C@H]1CS[C@@H](c2ccccc2)N1C(C)=O. The minimum Gasteiger partial charge on any atom is -0.449 e. The number of hydrogen-bond donors (Lipinski definition) is 2. The number of benzene rings is 1. The van der Waals surface area contributed by atoms with Gasteiger partial charge < -0.3 is 9.64 Å². The molecule has 23 heavy (non-hydrogen) atoms. The monoisotopic (exact) mass is 337 g/mol. The highest BCUT2D eigenvalue weighted by atomic mass is 32.2. The van der Waals surface area contributed by atoms with Gasteiger partial charge in [0, 0.05) is 12.7 Å². The largest absolute Gasteiger partial charge is 0.449 e. The maximum Gasteiger partial charge on any atom is 0.426 e. The van der Waals surface area contributed by atoms with Crippen LogP contribution >= 0.6 is 11.8 Å². The van der Waals surface area contributed by atoms with Crippen molar-refractivity contribution in [1.82, 2.24) is 15.8 Å². The second kappa shape index (κ2) is 7.87. The van der Waals surface area contributed by atoms with Crippen LogP contribution < -0.4 is 10.9 Å². The van der Waals surface area contributed by atoms with Crippen LogP contribution in [0.5, 0.6) is 0 Å². The lowest BCUT2D eigenvalue weighted by molar-refractivity contribution is -0.138. The molecule has 0 unspecified atom stereocenters. The first kappa shape index (κ1) is 17.1. The Kier molecular flexibility index (Phi) is 5.86. The van der Waals surface area contributed by atoms with Gasteiger partial charge in [-0.15, -0.1) is 11.8 Å². The van der Waals surface area contributed by atoms with Crippen molar-refractivity contribution < 1.29 is 19.1 Å². The van der Waals surface area contributed by atoms with E-state index in [1.807, 2.05) is 30.3 Å². The maximum absolute atomic E-state index is 12.3. The first-order valence-corrected chi connectivity index (χ1v) is 8.27. The van der Waals surface area contributed by atoms with Crippen molar-refractivity contribution in [3.63, 3.8) is 0 Å². The fourth-order valence-electron chi connectivity index (χ4n) is 2.33. The molecule has 124 valence electrons. The summed E-state index contributed by atoms with van der Waals surface area (Å²) in [7, 11) is 0. The zero-order chi connectivity index (χ0) is 16.8. The smallest absolute Gasteiger partial charge is 0.426 e. The first-order valence-electron chi connectivity index (χ1n) is 7.22. The van der Waals surface area contributed by atoms with Gasteiger partial charge in [0.1, 0.15) is 11.4 Å². The summed E-state index contributed by atoms with van der Waals surface area (Å²) in [5.74, 6) is -0.186. The molecule has 0 radical (unpaired) electrons. The summed E-state index contributed by atoms with van der Waals surface area (Å²) in [6.45, 7) is 3.30. The third-order valence-corrected chi connectivity index (χ3v) is 4.64. The Morgan fingerprint density at radius 3 is 2.57 bits per heavy atom. The molecular weight excluding hydrogens is 318 g/mol. The number of nitrogens with zero attached hydrogens (tertiary/aromatic N) is 1. The Balaban J connectivity index is 2.06. The van der Waals surface area contributed by atoms with Crippen LogP contribution in [0.4, 0.5) is 4.79 Å². The summed E-state index contributed by atoms with van der Waals surface area (Å²) >= 11 is 1.51. The van der Waals surface area contributed by atoms with Crippen LogP contribution in [0.25, 0.3) is 0 Å². The number of ether oxygens (including phenoxy) is 1. The van der Waals surface area contributed by atoms with E-state index in [9.17, 15) is 14.4 Å². The molecule has 1 aromatic carbocycles. The minimum absolute atomic E-state index is 0.194. The molecule has 0 saturated carbocycles. The number of thioether (sulfide) groups is 1. The molecule has 1 aliphatic heterocycles. The number of carbonyl (C=O) groups excluding carboxylic acids is 3. The Labute approximate surface area is 138 Å². The summed E-state index contributed by atoms with van der Waals surface area (Å²) in [6.07, 6.45) is -0.736. The molecule has 1 fully saturated rings. The normalized spacial score (nSPS) is 20.0. The summed E-state index contributed by atoms with van der Waals surface area (Å²) in [6, 6.07) is 8.88. The molecule has 8 heteroatoms. The third kappa shape index (κ3) is 4.16. The number of nitrogens with one attached hydrogen (secondary N) is 2. The van der Waals surface area contributed by atoms with Crippen LogP contribution in [0.1, 0.15) is 24.8 Å². The van der Waals surface area contributed by atoms with Crippen molar-refractivity contribution in [3.05, 3.63) is 35.9 Å². The lowest BCUT2D eigenvalue weighted by Gasteiger charge is -2.27. The predicted octanol–water partition coefficient (Wildman–Crippen LogP) is 1.43. The quantitative estimate of drug-likeness (QED) is 0.815. The summed E-state index contributed by atoms with van der Waals surface area (Å²) in [4.78, 5) is 37.0. The van der Waals surface area contributed by atoms with Crippen LogP contribution in [0.3, 0.4) is 0 Å². The van der Waals surface area contributed by atoms with E-state index in [1.54, 1.807) is 6.92 Å². The van der Waals surface area contributed by atoms with Crippen molar-refractivity contribution in [2.75, 3.05) is 12.4 Å². The Morgan fingerprint density at radius 2 is 1.96 bits per heavy atom. The molecule has 2 atom stereocenters. The van der Waals surface area contributed by atoms with Gasteiger partial charge in [-0.3, -0.25) is 15.0 Å². The number of carbonyl (C=O) groups is 3. The van der Waals surface area contributed by atoms with E-state index in [-0.39, 0.29) is 17.9 Å². The van der Waals surface area contributed by atoms with Gasteiger partial charge in [-0.2, -0.15) is 0 Å². The van der Waals surface area contributed by atoms with Crippen molar-refractivity contribution in [2.45, 2.75) is 25.3 Å². The maximum atomic E-state index is 12.3. The molecule has 1 heterocycles. The van der Waals surface area contributed by atoms with Gasteiger partial charge in [0.05, 0.1) is 6.61 Å². The highest BCUT2D eigenvalue weighted by Gasteiger charge is 2.40. The molecule has 1 aromatic rings. The van der Waals surface area contributed by atoms with E-state index in [4.69, 9.17) is 0 Å². The molecule has 1 saturated heterocycles. The Morgan fingerprint density at radius 1 is 1.26 bits per heavy atom. The van der Waals surface area contributed by atoms with E-state index < -0.39 is 18.0 Å². The first-order chi connectivity index (χ1) is 11.0. The van der Waals surface area contributed by atoms with Crippen LogP contribution in [0.15, 0.2) is 30.3 Å². The fraction of sp³-hybridized carbons (Fsp3) is 0.400. The van der Waals surface area contributed by atoms with E-state index in [0.717, 1.165) is 5.56 Å². The summed E-state index contributed by atoms with van der Waals surface area (Å²) < 4.78 is 4.67. The number of hydrazine groups is 1. The van der Waals surface area contributed by atoms with Gasteiger partial charge in [-0.25, -0.2) is 10.2 Å². The van der Waals surface area contributed by atoms with E-state index in [2.05, 4.69) is 15.6 Å². The second-order valence-electron chi connectivity index (χ2n) is 4.87. The van der Waals surface area contributed by atoms with Gasteiger partial charge in [0.2, 0.25) is 5.91 Å². The predicted molar refractivity (Wildman–Crippen MR) is 86.2 cm³/mol. The third-order valence-electron chi connectivity index (χ3n) is 3.31. The van der Waals surface area contributed by atoms with Gasteiger partial charge in [-0.05, 0) is 12.5 Å². The van der Waals surface area contributed by atoms with Crippen molar-refractivity contribution in [2.24, 2.45) is 0 Å². The molecule has 0 bridgehead atoms. The van der Waals surface area contributed by atoms with Crippen molar-refractivity contribution >= 4 is 29.7 Å². The van der Waals surface area contributed by atoms with Crippen LogP contribution in [-0.2, 0) is 14.3 Å². The second-order valence-corrected chi connectivity index (χ2v) is 5.99. The average molecular weight is 337 g/mol. The van der Waals surface area contributed by atoms with E-state index in [0.29, 0.717) is 5.75 Å². The fourth-order valence-corrected chi connectivity index (χ4v) is 3.81. The molecule has 0 aromatic heterocycles. The van der Waals surface area contributed by atoms with E-state index in [1.165, 1.54) is 23.6 Å². The zero-order valence-electron chi connectivity index (χ0n) is 12.9. The summed E-state index contributed by atoms with van der Waals surface area (Å²) in [5, 5.41) is -0.216. The highest BCUT2D eigenvalue weighted by molar-refractivity contribution is 7.99. The molecule has 2 N–H and O–H groups in total. The number of hydrogen-bond acceptors (Lipinski definition) is 5. The van der Waals surface area contributed by atoms with Gasteiger partial charge in [0.15, 0.2) is 0 Å². The summed E-state index contributed by atoms with van der Waals surface area (Å²) in [5.41, 5.74) is 5.42. The van der Waals surface area contributed by atoms with Gasteiger partial charge in [-0.1, -0.05) is 30.3 Å². The average Bonchev–Trinajstić information content (AvgIpc) is 2.99. The Hall–Kier alpha value is -2.22. The van der Waals surface area contributed by atoms with Crippen molar-refractivity contribution in [1.29, 1.82) is 0 Å². The number of rotatable bonds is 3. The highest BCUT2D eigenvalue weighted by Crippen LogP contribution is 2.41. The van der Waals surface area contributed by atoms with Crippen LogP contribution in [-0.4, -0.2) is 41.2 Å². The molecule has 1 aliphatic rings. The Bertz CT molecular complexity index is 581. The van der Waals surface area contributed by atoms with Crippen LogP contribution in [0.2, 0.25) is 0 Å².